The summed E-state index contributed by atoms with van der Waals surface area (Å²) in [6.45, 7) is 7.55. The van der Waals surface area contributed by atoms with Gasteiger partial charge < -0.3 is 19.5 Å². The van der Waals surface area contributed by atoms with Crippen LogP contribution in [0.1, 0.15) is 62.1 Å². The Labute approximate surface area is 207 Å². The van der Waals surface area contributed by atoms with E-state index >= 15 is 0 Å². The first-order chi connectivity index (χ1) is 16.7. The van der Waals surface area contributed by atoms with Gasteiger partial charge in [-0.05, 0) is 63.3 Å². The van der Waals surface area contributed by atoms with Crippen molar-refractivity contribution in [3.8, 4) is 11.5 Å². The van der Waals surface area contributed by atoms with Gasteiger partial charge in [0, 0.05) is 29.3 Å². The van der Waals surface area contributed by atoms with Crippen molar-refractivity contribution in [1.82, 2.24) is 5.32 Å². The quantitative estimate of drug-likeness (QED) is 0.570. The van der Waals surface area contributed by atoms with E-state index in [1.807, 2.05) is 70.2 Å². The molecule has 1 N–H and O–H groups in total. The lowest BCUT2D eigenvalue weighted by Crippen LogP contribution is -2.36. The lowest BCUT2D eigenvalue weighted by Gasteiger charge is -2.37. The molecule has 0 amide bonds. The molecule has 0 saturated carbocycles. The molecule has 0 bridgehead atoms. The van der Waals surface area contributed by atoms with E-state index < -0.39 is 11.9 Å². The van der Waals surface area contributed by atoms with Gasteiger partial charge in [-0.2, -0.15) is 0 Å². The number of Topliss-reactive ketones (excluding diaryl/α,β-unsaturated/α-hetero) is 1. The Hall–Kier alpha value is -3.54. The summed E-state index contributed by atoms with van der Waals surface area (Å²) < 4.78 is 16.4. The zero-order valence-electron chi connectivity index (χ0n) is 21.2. The van der Waals surface area contributed by atoms with Crippen molar-refractivity contribution in [3.63, 3.8) is 0 Å². The molecule has 0 saturated heterocycles. The highest BCUT2D eigenvalue weighted by atomic mass is 16.5. The zero-order valence-corrected chi connectivity index (χ0v) is 21.2. The standard InChI is InChI=1S/C29H33NO5/c1-16(2)35-29(32)26-18(4)30-22-13-21(19-10-11-24(33-5)25(15-19)34-6)14-23(31)28(22)27(26)20-9-7-8-17(3)12-20/h7-12,15-16,21,27,30H,13-14H2,1-6H3/t21-,27+/m0/s1. The number of rotatable bonds is 6. The molecule has 1 heterocycles. The van der Waals surface area contributed by atoms with Crippen LogP contribution in [0.5, 0.6) is 11.5 Å². The fourth-order valence-electron chi connectivity index (χ4n) is 5.11. The molecule has 2 atom stereocenters. The van der Waals surface area contributed by atoms with Gasteiger partial charge in [-0.15, -0.1) is 0 Å². The minimum absolute atomic E-state index is 0.0105. The Balaban J connectivity index is 1.77. The highest BCUT2D eigenvalue weighted by Crippen LogP contribution is 2.46. The summed E-state index contributed by atoms with van der Waals surface area (Å²) in [6, 6.07) is 13.8. The van der Waals surface area contributed by atoms with Gasteiger partial charge >= 0.3 is 5.97 Å². The van der Waals surface area contributed by atoms with Crippen LogP contribution in [0.15, 0.2) is 65.0 Å². The summed E-state index contributed by atoms with van der Waals surface area (Å²) in [5.41, 5.74) is 5.77. The number of methoxy groups -OCH3 is 2. The lowest BCUT2D eigenvalue weighted by molar-refractivity contribution is -0.143. The van der Waals surface area contributed by atoms with Crippen LogP contribution in [0.2, 0.25) is 0 Å². The van der Waals surface area contributed by atoms with Gasteiger partial charge in [0.05, 0.1) is 25.9 Å². The molecule has 0 radical (unpaired) electrons. The molecule has 1 aliphatic heterocycles. The number of esters is 1. The second-order valence-electron chi connectivity index (χ2n) is 9.50. The van der Waals surface area contributed by atoms with Crippen molar-refractivity contribution >= 4 is 11.8 Å². The van der Waals surface area contributed by atoms with E-state index in [1.54, 1.807) is 14.2 Å². The first-order valence-electron chi connectivity index (χ1n) is 12.0. The average Bonchev–Trinajstić information content (AvgIpc) is 2.82. The van der Waals surface area contributed by atoms with Crippen LogP contribution in [0.4, 0.5) is 0 Å². The molecule has 35 heavy (non-hydrogen) atoms. The molecule has 0 fully saturated rings. The molecule has 0 unspecified atom stereocenters. The fourth-order valence-corrected chi connectivity index (χ4v) is 5.11. The SMILES string of the molecule is COc1ccc([C@@H]2CC(=O)C3=C(C2)NC(C)=C(C(=O)OC(C)C)[C@H]3c2cccc(C)c2)cc1OC. The third kappa shape index (κ3) is 4.83. The second-order valence-corrected chi connectivity index (χ2v) is 9.50. The van der Waals surface area contributed by atoms with Crippen LogP contribution in [0, 0.1) is 6.92 Å². The third-order valence-electron chi connectivity index (χ3n) is 6.64. The number of benzene rings is 2. The first kappa shape index (κ1) is 24.6. The second kappa shape index (κ2) is 9.98. The van der Waals surface area contributed by atoms with Crippen LogP contribution in [0.25, 0.3) is 0 Å². The van der Waals surface area contributed by atoms with E-state index in [9.17, 15) is 9.59 Å². The Morgan fingerprint density at radius 1 is 0.971 bits per heavy atom. The normalized spacial score (nSPS) is 19.9. The highest BCUT2D eigenvalue weighted by molar-refractivity contribution is 6.04. The number of ether oxygens (including phenoxy) is 3. The molecule has 4 rings (SSSR count). The maximum absolute atomic E-state index is 13.7. The molecule has 0 spiro atoms. The van der Waals surface area contributed by atoms with Crippen molar-refractivity contribution in [2.75, 3.05) is 14.2 Å². The fraction of sp³-hybridized carbons (Fsp3) is 0.379. The number of aryl methyl sites for hydroxylation is 1. The molecule has 184 valence electrons. The predicted molar refractivity (Wildman–Crippen MR) is 135 cm³/mol. The number of hydrogen-bond donors (Lipinski definition) is 1. The van der Waals surface area contributed by atoms with Gasteiger partial charge in [-0.3, -0.25) is 4.79 Å². The van der Waals surface area contributed by atoms with Crippen molar-refractivity contribution in [1.29, 1.82) is 0 Å². The van der Waals surface area contributed by atoms with Gasteiger partial charge in [0.25, 0.3) is 0 Å². The van der Waals surface area contributed by atoms with Gasteiger partial charge in [0.15, 0.2) is 17.3 Å². The van der Waals surface area contributed by atoms with E-state index in [4.69, 9.17) is 14.2 Å². The lowest BCUT2D eigenvalue weighted by atomic mass is 9.71. The van der Waals surface area contributed by atoms with Crippen LogP contribution >= 0.6 is 0 Å². The Morgan fingerprint density at radius 2 is 1.71 bits per heavy atom. The molecule has 2 aliphatic rings. The van der Waals surface area contributed by atoms with Crippen molar-refractivity contribution < 1.29 is 23.8 Å². The van der Waals surface area contributed by atoms with Crippen LogP contribution in [-0.2, 0) is 14.3 Å². The number of hydrogen-bond acceptors (Lipinski definition) is 6. The summed E-state index contributed by atoms with van der Waals surface area (Å²) >= 11 is 0. The summed E-state index contributed by atoms with van der Waals surface area (Å²) in [6.07, 6.45) is 0.750. The van der Waals surface area contributed by atoms with Crippen LogP contribution in [0.3, 0.4) is 0 Å². The van der Waals surface area contributed by atoms with E-state index in [2.05, 4.69) is 5.32 Å². The summed E-state index contributed by atoms with van der Waals surface area (Å²) in [4.78, 5) is 26.9. The number of carbonyl (C=O) groups excluding carboxylic acids is 2. The molecule has 0 aromatic heterocycles. The van der Waals surface area contributed by atoms with E-state index in [1.165, 1.54) is 0 Å². The zero-order chi connectivity index (χ0) is 25.3. The van der Waals surface area contributed by atoms with Crippen LogP contribution in [-0.4, -0.2) is 32.1 Å². The van der Waals surface area contributed by atoms with Crippen LogP contribution < -0.4 is 14.8 Å². The first-order valence-corrected chi connectivity index (χ1v) is 12.0. The average molecular weight is 476 g/mol. The maximum Gasteiger partial charge on any atom is 0.337 e. The largest absolute Gasteiger partial charge is 0.493 e. The predicted octanol–water partition coefficient (Wildman–Crippen LogP) is 5.33. The van der Waals surface area contributed by atoms with Gasteiger partial charge in [-0.25, -0.2) is 4.79 Å². The maximum atomic E-state index is 13.7. The van der Waals surface area contributed by atoms with Crippen molar-refractivity contribution in [2.24, 2.45) is 0 Å². The Bertz CT molecular complexity index is 1220. The summed E-state index contributed by atoms with van der Waals surface area (Å²) in [7, 11) is 3.21. The molecular formula is C29H33NO5. The molecule has 2 aromatic carbocycles. The van der Waals surface area contributed by atoms with Crippen molar-refractivity contribution in [2.45, 2.75) is 58.5 Å². The molecule has 2 aromatic rings. The number of dihydropyridines is 1. The summed E-state index contributed by atoms with van der Waals surface area (Å²) in [5.74, 6) is 0.465. The topological polar surface area (TPSA) is 73.9 Å². The number of allylic oxidation sites excluding steroid dienone is 3. The minimum atomic E-state index is -0.462. The number of nitrogens with one attached hydrogen (secondary N) is 1. The van der Waals surface area contributed by atoms with E-state index in [0.29, 0.717) is 35.5 Å². The molecule has 1 aliphatic carbocycles. The third-order valence-corrected chi connectivity index (χ3v) is 6.64. The number of carbonyl (C=O) groups is 2. The van der Waals surface area contributed by atoms with Gasteiger partial charge in [-0.1, -0.05) is 35.9 Å². The Morgan fingerprint density at radius 3 is 2.37 bits per heavy atom. The monoisotopic (exact) mass is 475 g/mol. The molecule has 6 heteroatoms. The van der Waals surface area contributed by atoms with E-state index in [0.717, 1.165) is 28.1 Å². The Kier molecular flexibility index (Phi) is 7.01. The molecule has 6 nitrogen and oxygen atoms in total. The molecular weight excluding hydrogens is 442 g/mol. The van der Waals surface area contributed by atoms with E-state index in [-0.39, 0.29) is 17.8 Å². The number of ketones is 1. The minimum Gasteiger partial charge on any atom is -0.493 e. The highest BCUT2D eigenvalue weighted by Gasteiger charge is 2.41. The van der Waals surface area contributed by atoms with Gasteiger partial charge in [0.1, 0.15) is 0 Å². The van der Waals surface area contributed by atoms with Crippen molar-refractivity contribution in [3.05, 3.63) is 81.7 Å². The smallest absolute Gasteiger partial charge is 0.337 e. The summed E-state index contributed by atoms with van der Waals surface area (Å²) in [5, 5.41) is 3.40. The van der Waals surface area contributed by atoms with Gasteiger partial charge in [0.2, 0.25) is 0 Å².